The summed E-state index contributed by atoms with van der Waals surface area (Å²) in [6.07, 6.45) is 6.50. The summed E-state index contributed by atoms with van der Waals surface area (Å²) in [6.45, 7) is 7.30. The molecule has 2 rings (SSSR count). The largest absolute Gasteiger partial charge is 0.393 e. The van der Waals surface area contributed by atoms with Crippen LogP contribution in [0.4, 0.5) is 4.79 Å². The van der Waals surface area contributed by atoms with E-state index in [1.165, 1.54) is 0 Å². The van der Waals surface area contributed by atoms with E-state index in [-0.39, 0.29) is 35.7 Å². The van der Waals surface area contributed by atoms with Crippen molar-refractivity contribution in [2.75, 3.05) is 6.61 Å². The van der Waals surface area contributed by atoms with Crippen molar-refractivity contribution < 1.29 is 14.6 Å². The van der Waals surface area contributed by atoms with Crippen molar-refractivity contribution in [2.24, 2.45) is 5.41 Å². The maximum Gasteiger partial charge on any atom is 0.315 e. The minimum Gasteiger partial charge on any atom is -0.393 e. The van der Waals surface area contributed by atoms with Gasteiger partial charge < -0.3 is 20.5 Å². The van der Waals surface area contributed by atoms with Crippen LogP contribution in [0.25, 0.3) is 0 Å². The van der Waals surface area contributed by atoms with Crippen molar-refractivity contribution in [2.45, 2.75) is 90.0 Å². The van der Waals surface area contributed by atoms with Crippen LogP contribution in [0.3, 0.4) is 0 Å². The van der Waals surface area contributed by atoms with E-state index in [0.717, 1.165) is 51.6 Å². The molecule has 0 heterocycles. The quantitative estimate of drug-likeness (QED) is 0.660. The molecular weight excluding hydrogens is 280 g/mol. The first kappa shape index (κ1) is 17.5. The van der Waals surface area contributed by atoms with E-state index < -0.39 is 0 Å². The van der Waals surface area contributed by atoms with Gasteiger partial charge in [0.15, 0.2) is 0 Å². The zero-order valence-corrected chi connectivity index (χ0v) is 14.2. The maximum absolute atomic E-state index is 12.1. The van der Waals surface area contributed by atoms with Gasteiger partial charge in [-0.25, -0.2) is 4.79 Å². The highest BCUT2D eigenvalue weighted by Gasteiger charge is 2.49. The molecule has 2 unspecified atom stereocenters. The first-order chi connectivity index (χ1) is 10.4. The minimum absolute atomic E-state index is 0.00611. The number of aliphatic hydroxyl groups excluding tert-OH is 1. The molecule has 0 aromatic carbocycles. The van der Waals surface area contributed by atoms with Gasteiger partial charge >= 0.3 is 6.03 Å². The first-order valence-electron chi connectivity index (χ1n) is 8.80. The van der Waals surface area contributed by atoms with Crippen molar-refractivity contribution in [3.8, 4) is 0 Å². The molecule has 2 aliphatic carbocycles. The summed E-state index contributed by atoms with van der Waals surface area (Å²) in [5, 5.41) is 15.6. The van der Waals surface area contributed by atoms with E-state index in [1.807, 2.05) is 0 Å². The number of carbonyl (C=O) groups is 1. The highest BCUT2D eigenvalue weighted by molar-refractivity contribution is 5.74. The van der Waals surface area contributed by atoms with Crippen molar-refractivity contribution in [3.05, 3.63) is 0 Å². The minimum atomic E-state index is -0.187. The number of aliphatic hydroxyl groups is 1. The Morgan fingerprint density at radius 2 is 1.91 bits per heavy atom. The van der Waals surface area contributed by atoms with Gasteiger partial charge in [0, 0.05) is 24.1 Å². The topological polar surface area (TPSA) is 70.6 Å². The van der Waals surface area contributed by atoms with E-state index in [0.29, 0.717) is 0 Å². The number of ether oxygens (including phenoxy) is 1. The van der Waals surface area contributed by atoms with Crippen LogP contribution in [-0.4, -0.2) is 42.0 Å². The van der Waals surface area contributed by atoms with Crippen LogP contribution in [0.15, 0.2) is 0 Å². The molecule has 5 nitrogen and oxygen atoms in total. The second-order valence-electron chi connectivity index (χ2n) is 7.45. The van der Waals surface area contributed by atoms with Gasteiger partial charge in [-0.05, 0) is 38.5 Å². The Kier molecular flexibility index (Phi) is 6.09. The van der Waals surface area contributed by atoms with Crippen molar-refractivity contribution >= 4 is 6.03 Å². The van der Waals surface area contributed by atoms with E-state index in [1.54, 1.807) is 0 Å². The lowest BCUT2D eigenvalue weighted by Crippen LogP contribution is -2.63. The molecule has 0 aromatic heterocycles. The number of urea groups is 1. The average Bonchev–Trinajstić information content (AvgIpc) is 2.48. The third-order valence-corrected chi connectivity index (χ3v) is 5.33. The summed E-state index contributed by atoms with van der Waals surface area (Å²) >= 11 is 0. The second kappa shape index (κ2) is 7.64. The van der Waals surface area contributed by atoms with E-state index >= 15 is 0 Å². The number of hydrogen-bond donors (Lipinski definition) is 3. The van der Waals surface area contributed by atoms with Gasteiger partial charge in [-0.15, -0.1) is 0 Å². The van der Waals surface area contributed by atoms with Gasteiger partial charge in [0.25, 0.3) is 0 Å². The predicted molar refractivity (Wildman–Crippen MR) is 86.8 cm³/mol. The first-order valence-corrected chi connectivity index (χ1v) is 8.80. The summed E-state index contributed by atoms with van der Waals surface area (Å²) in [5.41, 5.74) is -0.00611. The standard InChI is InChI=1S/C17H32N2O3/c1-4-5-10-22-15-11-14(17(15,2)3)19-16(21)18-12-6-8-13(20)9-7-12/h12-15,20H,4-11H2,1-3H3,(H2,18,19,21). The zero-order chi connectivity index (χ0) is 16.2. The van der Waals surface area contributed by atoms with Crippen molar-refractivity contribution in [1.29, 1.82) is 0 Å². The normalized spacial score (nSPS) is 33.8. The van der Waals surface area contributed by atoms with Gasteiger partial charge in [-0.2, -0.15) is 0 Å². The highest BCUT2D eigenvalue weighted by atomic mass is 16.5. The highest BCUT2D eigenvalue weighted by Crippen LogP contribution is 2.42. The fourth-order valence-corrected chi connectivity index (χ4v) is 3.39. The van der Waals surface area contributed by atoms with Crippen LogP contribution >= 0.6 is 0 Å². The molecule has 5 heteroatoms. The Bertz CT molecular complexity index is 365. The number of carbonyl (C=O) groups excluding carboxylic acids is 1. The summed E-state index contributed by atoms with van der Waals surface area (Å²) in [7, 11) is 0. The van der Waals surface area contributed by atoms with E-state index in [9.17, 15) is 9.90 Å². The molecule has 2 fully saturated rings. The molecule has 3 N–H and O–H groups in total. The van der Waals surface area contributed by atoms with Gasteiger partial charge in [-0.3, -0.25) is 0 Å². The zero-order valence-electron chi connectivity index (χ0n) is 14.2. The molecular formula is C17H32N2O3. The molecule has 0 bridgehead atoms. The maximum atomic E-state index is 12.1. The van der Waals surface area contributed by atoms with Crippen LogP contribution in [0.1, 0.15) is 65.7 Å². The Balaban J connectivity index is 1.69. The third-order valence-electron chi connectivity index (χ3n) is 5.33. The fourth-order valence-electron chi connectivity index (χ4n) is 3.39. The molecule has 2 aliphatic rings. The Morgan fingerprint density at radius 3 is 2.50 bits per heavy atom. The molecule has 0 saturated heterocycles. The molecule has 0 spiro atoms. The summed E-state index contributed by atoms with van der Waals surface area (Å²) in [4.78, 5) is 12.1. The van der Waals surface area contributed by atoms with Crippen molar-refractivity contribution in [3.63, 3.8) is 0 Å². The Labute approximate surface area is 134 Å². The molecule has 0 aliphatic heterocycles. The summed E-state index contributed by atoms with van der Waals surface area (Å²) in [5.74, 6) is 0. The lowest BCUT2D eigenvalue weighted by molar-refractivity contribution is -0.114. The second-order valence-corrected chi connectivity index (χ2v) is 7.45. The number of nitrogens with one attached hydrogen (secondary N) is 2. The fraction of sp³-hybridized carbons (Fsp3) is 0.941. The predicted octanol–water partition coefficient (Wildman–Crippen LogP) is 2.57. The van der Waals surface area contributed by atoms with Gasteiger partial charge in [-0.1, -0.05) is 27.2 Å². The SMILES string of the molecule is CCCCOC1CC(NC(=O)NC2CCC(O)CC2)C1(C)C. The molecule has 128 valence electrons. The van der Waals surface area contributed by atoms with Crippen LogP contribution in [0.2, 0.25) is 0 Å². The molecule has 0 aromatic rings. The van der Waals surface area contributed by atoms with Crippen LogP contribution < -0.4 is 10.6 Å². The lowest BCUT2D eigenvalue weighted by atomic mass is 9.64. The van der Waals surface area contributed by atoms with E-state index in [2.05, 4.69) is 31.4 Å². The number of hydrogen-bond acceptors (Lipinski definition) is 3. The molecule has 0 radical (unpaired) electrons. The number of unbranched alkanes of at least 4 members (excludes halogenated alkanes) is 1. The van der Waals surface area contributed by atoms with Gasteiger partial charge in [0.1, 0.15) is 0 Å². The number of amides is 2. The van der Waals surface area contributed by atoms with Crippen LogP contribution in [-0.2, 0) is 4.74 Å². The molecule has 2 saturated carbocycles. The molecule has 22 heavy (non-hydrogen) atoms. The van der Waals surface area contributed by atoms with E-state index in [4.69, 9.17) is 4.74 Å². The van der Waals surface area contributed by atoms with Gasteiger partial charge in [0.05, 0.1) is 12.2 Å². The Hall–Kier alpha value is -0.810. The molecule has 2 atom stereocenters. The van der Waals surface area contributed by atoms with Crippen LogP contribution in [0, 0.1) is 5.41 Å². The monoisotopic (exact) mass is 312 g/mol. The third kappa shape index (κ3) is 4.35. The average molecular weight is 312 g/mol. The van der Waals surface area contributed by atoms with Crippen LogP contribution in [0.5, 0.6) is 0 Å². The molecule has 2 amide bonds. The number of rotatable bonds is 6. The van der Waals surface area contributed by atoms with Crippen molar-refractivity contribution in [1.82, 2.24) is 10.6 Å². The Morgan fingerprint density at radius 1 is 1.23 bits per heavy atom. The lowest BCUT2D eigenvalue weighted by Gasteiger charge is -2.51. The smallest absolute Gasteiger partial charge is 0.315 e. The summed E-state index contributed by atoms with van der Waals surface area (Å²) < 4.78 is 5.91. The van der Waals surface area contributed by atoms with Gasteiger partial charge in [0.2, 0.25) is 0 Å². The summed E-state index contributed by atoms with van der Waals surface area (Å²) in [6, 6.07) is 0.294.